The number of nitrogens with one attached hydrogen (secondary N) is 2. The molecule has 2 N–H and O–H groups in total. The van der Waals surface area contributed by atoms with Crippen molar-refractivity contribution in [2.24, 2.45) is 0 Å². The van der Waals surface area contributed by atoms with Crippen LogP contribution in [0.3, 0.4) is 0 Å². The molecule has 0 saturated carbocycles. The quantitative estimate of drug-likeness (QED) is 0.886. The fourth-order valence-corrected chi connectivity index (χ4v) is 2.60. The molecule has 0 radical (unpaired) electrons. The molecule has 1 atom stereocenters. The van der Waals surface area contributed by atoms with E-state index in [2.05, 4.69) is 40.1 Å². The Kier molecular flexibility index (Phi) is 3.62. The summed E-state index contributed by atoms with van der Waals surface area (Å²) < 4.78 is 5.25. The highest BCUT2D eigenvalue weighted by atomic mass is 16.5. The summed E-state index contributed by atoms with van der Waals surface area (Å²) >= 11 is 0. The molecular formula is C15H19N3O. The smallest absolute Gasteiger partial charge is 0.150 e. The Morgan fingerprint density at radius 3 is 3.16 bits per heavy atom. The predicted molar refractivity (Wildman–Crippen MR) is 73.6 cm³/mol. The van der Waals surface area contributed by atoms with E-state index in [0.717, 1.165) is 37.5 Å². The van der Waals surface area contributed by atoms with Crippen molar-refractivity contribution in [2.75, 3.05) is 6.54 Å². The lowest BCUT2D eigenvalue weighted by Gasteiger charge is -2.18. The Hall–Kier alpha value is -1.65. The maximum absolute atomic E-state index is 5.25. The van der Waals surface area contributed by atoms with Gasteiger partial charge >= 0.3 is 0 Å². The van der Waals surface area contributed by atoms with Crippen molar-refractivity contribution in [1.29, 1.82) is 0 Å². The number of rotatable bonds is 3. The van der Waals surface area contributed by atoms with Crippen LogP contribution in [0.4, 0.5) is 0 Å². The zero-order chi connectivity index (χ0) is 13.1. The minimum absolute atomic E-state index is 0.372. The number of aryl methyl sites for hydroxylation is 1. The molecule has 1 unspecified atom stereocenters. The summed E-state index contributed by atoms with van der Waals surface area (Å²) in [4.78, 5) is 0. The Labute approximate surface area is 113 Å². The van der Waals surface area contributed by atoms with Crippen LogP contribution in [0.25, 0.3) is 0 Å². The first-order valence-corrected chi connectivity index (χ1v) is 6.77. The third kappa shape index (κ3) is 2.85. The van der Waals surface area contributed by atoms with Gasteiger partial charge in [-0.25, -0.2) is 0 Å². The average Bonchev–Trinajstić information content (AvgIpc) is 2.73. The molecule has 0 amide bonds. The van der Waals surface area contributed by atoms with Crippen LogP contribution in [0.2, 0.25) is 0 Å². The van der Waals surface area contributed by atoms with Crippen molar-refractivity contribution in [3.8, 4) is 0 Å². The zero-order valence-electron chi connectivity index (χ0n) is 11.1. The normalized spacial score (nSPS) is 18.9. The second-order valence-corrected chi connectivity index (χ2v) is 5.03. The number of hydrogen-bond donors (Lipinski definition) is 2. The molecule has 2 aromatic rings. The van der Waals surface area contributed by atoms with E-state index >= 15 is 0 Å². The molecule has 4 heteroatoms. The van der Waals surface area contributed by atoms with Gasteiger partial charge in [0.05, 0.1) is 12.2 Å². The van der Waals surface area contributed by atoms with Gasteiger partial charge in [0.2, 0.25) is 0 Å². The monoisotopic (exact) mass is 257 g/mol. The highest BCUT2D eigenvalue weighted by molar-refractivity contribution is 5.31. The van der Waals surface area contributed by atoms with Gasteiger partial charge in [0.1, 0.15) is 0 Å². The maximum Gasteiger partial charge on any atom is 0.150 e. The van der Waals surface area contributed by atoms with Crippen LogP contribution in [-0.2, 0) is 13.1 Å². The van der Waals surface area contributed by atoms with Gasteiger partial charge in [-0.2, -0.15) is 0 Å². The SMILES string of the molecule is Cc1cc(CNC2CCNCc3ccccc32)on1. The van der Waals surface area contributed by atoms with Crippen LogP contribution in [-0.4, -0.2) is 11.7 Å². The summed E-state index contributed by atoms with van der Waals surface area (Å²) in [7, 11) is 0. The molecule has 1 aromatic heterocycles. The summed E-state index contributed by atoms with van der Waals surface area (Å²) in [6, 6.07) is 11.0. The lowest BCUT2D eigenvalue weighted by molar-refractivity contribution is 0.357. The molecule has 0 spiro atoms. The van der Waals surface area contributed by atoms with E-state index in [0.29, 0.717) is 6.04 Å². The van der Waals surface area contributed by atoms with Crippen LogP contribution in [0.15, 0.2) is 34.9 Å². The first kappa shape index (κ1) is 12.4. The van der Waals surface area contributed by atoms with Crippen LogP contribution < -0.4 is 10.6 Å². The van der Waals surface area contributed by atoms with Gasteiger partial charge in [0.15, 0.2) is 5.76 Å². The first-order chi connectivity index (χ1) is 9.33. The van der Waals surface area contributed by atoms with Gasteiger partial charge in [-0.3, -0.25) is 0 Å². The molecule has 1 aromatic carbocycles. The highest BCUT2D eigenvalue weighted by Gasteiger charge is 2.17. The van der Waals surface area contributed by atoms with Crippen LogP contribution in [0.5, 0.6) is 0 Å². The fourth-order valence-electron chi connectivity index (χ4n) is 2.60. The first-order valence-electron chi connectivity index (χ1n) is 6.77. The minimum atomic E-state index is 0.372. The standard InChI is InChI=1S/C15H19N3O/c1-11-8-13(19-18-11)10-17-15-6-7-16-9-12-4-2-3-5-14(12)15/h2-5,8,15-17H,6-7,9-10H2,1H3. The number of benzene rings is 1. The molecule has 4 nitrogen and oxygen atoms in total. The van der Waals surface area contributed by atoms with Crippen molar-refractivity contribution >= 4 is 0 Å². The lowest BCUT2D eigenvalue weighted by atomic mass is 9.99. The second-order valence-electron chi connectivity index (χ2n) is 5.03. The predicted octanol–water partition coefficient (Wildman–Crippen LogP) is 2.31. The van der Waals surface area contributed by atoms with Crippen LogP contribution in [0.1, 0.15) is 35.0 Å². The van der Waals surface area contributed by atoms with E-state index in [1.807, 2.05) is 13.0 Å². The molecule has 100 valence electrons. The molecule has 0 bridgehead atoms. The summed E-state index contributed by atoms with van der Waals surface area (Å²) in [5.41, 5.74) is 3.70. The van der Waals surface area contributed by atoms with Gasteiger partial charge in [0.25, 0.3) is 0 Å². The van der Waals surface area contributed by atoms with E-state index in [4.69, 9.17) is 4.52 Å². The van der Waals surface area contributed by atoms with Gasteiger partial charge in [-0.15, -0.1) is 0 Å². The van der Waals surface area contributed by atoms with E-state index in [1.165, 1.54) is 11.1 Å². The topological polar surface area (TPSA) is 50.1 Å². The molecule has 3 rings (SSSR count). The van der Waals surface area contributed by atoms with E-state index in [9.17, 15) is 0 Å². The van der Waals surface area contributed by atoms with E-state index in [-0.39, 0.29) is 0 Å². The molecule has 0 fully saturated rings. The minimum Gasteiger partial charge on any atom is -0.360 e. The second kappa shape index (κ2) is 5.55. The summed E-state index contributed by atoms with van der Waals surface area (Å²) in [6.45, 7) is 4.65. The van der Waals surface area contributed by atoms with Crippen molar-refractivity contribution in [2.45, 2.75) is 32.5 Å². The third-order valence-electron chi connectivity index (χ3n) is 3.56. The Balaban J connectivity index is 1.73. The zero-order valence-corrected chi connectivity index (χ0v) is 11.1. The Morgan fingerprint density at radius 1 is 1.42 bits per heavy atom. The number of nitrogens with zero attached hydrogens (tertiary/aromatic N) is 1. The number of aromatic nitrogens is 1. The van der Waals surface area contributed by atoms with Gasteiger partial charge in [0, 0.05) is 18.7 Å². The lowest BCUT2D eigenvalue weighted by Crippen LogP contribution is -2.22. The van der Waals surface area contributed by atoms with Crippen molar-refractivity contribution in [1.82, 2.24) is 15.8 Å². The van der Waals surface area contributed by atoms with Crippen LogP contribution >= 0.6 is 0 Å². The highest BCUT2D eigenvalue weighted by Crippen LogP contribution is 2.23. The number of fused-ring (bicyclic) bond motifs is 1. The van der Waals surface area contributed by atoms with E-state index < -0.39 is 0 Å². The average molecular weight is 257 g/mol. The maximum atomic E-state index is 5.25. The molecular weight excluding hydrogens is 238 g/mol. The molecule has 0 aliphatic carbocycles. The molecule has 19 heavy (non-hydrogen) atoms. The Morgan fingerprint density at radius 2 is 2.32 bits per heavy atom. The molecule has 2 heterocycles. The fraction of sp³-hybridized carbons (Fsp3) is 0.400. The molecule has 1 aliphatic heterocycles. The Bertz CT molecular complexity index is 550. The molecule has 0 saturated heterocycles. The van der Waals surface area contributed by atoms with Crippen molar-refractivity contribution in [3.63, 3.8) is 0 Å². The third-order valence-corrected chi connectivity index (χ3v) is 3.56. The summed E-state index contributed by atoms with van der Waals surface area (Å²) in [6.07, 6.45) is 1.09. The number of hydrogen-bond acceptors (Lipinski definition) is 4. The van der Waals surface area contributed by atoms with E-state index in [1.54, 1.807) is 0 Å². The summed E-state index contributed by atoms with van der Waals surface area (Å²) in [5, 5.41) is 10.9. The van der Waals surface area contributed by atoms with Crippen molar-refractivity contribution in [3.05, 3.63) is 52.9 Å². The van der Waals surface area contributed by atoms with Crippen LogP contribution in [0, 0.1) is 6.92 Å². The van der Waals surface area contributed by atoms with Gasteiger partial charge in [-0.1, -0.05) is 29.4 Å². The van der Waals surface area contributed by atoms with Gasteiger partial charge < -0.3 is 15.2 Å². The summed E-state index contributed by atoms with van der Waals surface area (Å²) in [5.74, 6) is 0.896. The van der Waals surface area contributed by atoms with Gasteiger partial charge in [-0.05, 0) is 31.0 Å². The molecule has 1 aliphatic rings. The van der Waals surface area contributed by atoms with Crippen molar-refractivity contribution < 1.29 is 4.52 Å². The largest absolute Gasteiger partial charge is 0.360 e.